The van der Waals surface area contributed by atoms with Gasteiger partial charge in [0.05, 0.1) is 5.52 Å². The van der Waals surface area contributed by atoms with Crippen LogP contribution in [-0.2, 0) is 0 Å². The van der Waals surface area contributed by atoms with Crippen molar-refractivity contribution in [2.24, 2.45) is 16.7 Å². The maximum Gasteiger partial charge on any atom is 0.0705 e. The highest BCUT2D eigenvalue weighted by Gasteiger charge is 2.68. The average Bonchev–Trinajstić information content (AvgIpc) is 3.18. The van der Waals surface area contributed by atoms with Crippen molar-refractivity contribution in [2.75, 3.05) is 0 Å². The van der Waals surface area contributed by atoms with Crippen LogP contribution in [0.2, 0.25) is 0 Å². The van der Waals surface area contributed by atoms with Crippen molar-refractivity contribution in [3.05, 3.63) is 103 Å². The van der Waals surface area contributed by atoms with E-state index in [1.165, 1.54) is 34.5 Å². The smallest absolute Gasteiger partial charge is 0.0705 e. The first-order valence-corrected chi connectivity index (χ1v) is 13.7. The van der Waals surface area contributed by atoms with Crippen molar-refractivity contribution in [3.63, 3.8) is 0 Å². The third kappa shape index (κ3) is 3.12. The predicted octanol–water partition coefficient (Wildman–Crippen LogP) is 7.28. The van der Waals surface area contributed by atoms with E-state index in [0.29, 0.717) is 22.9 Å². The largest absolute Gasteiger partial charge is 0.253 e. The molecule has 0 N–H and O–H groups in total. The Bertz CT molecular complexity index is 1240. The van der Waals surface area contributed by atoms with Gasteiger partial charge in [0.2, 0.25) is 0 Å². The summed E-state index contributed by atoms with van der Waals surface area (Å²) in [6.07, 6.45) is 2.63. The summed E-state index contributed by atoms with van der Waals surface area (Å²) >= 11 is 0. The number of hydrogen-bond donors (Lipinski definition) is 0. The normalized spacial score (nSPS) is 27.9. The number of fused-ring (bicyclic) bond motifs is 3. The molecule has 2 heteroatoms. The van der Waals surface area contributed by atoms with Crippen LogP contribution in [0, 0.1) is 16.7 Å². The summed E-state index contributed by atoms with van der Waals surface area (Å²) in [7, 11) is -0.503. The van der Waals surface area contributed by atoms with Crippen LogP contribution in [-0.4, -0.2) is 10.6 Å². The van der Waals surface area contributed by atoms with E-state index in [4.69, 9.17) is 4.98 Å². The molecule has 0 radical (unpaired) electrons. The van der Waals surface area contributed by atoms with Gasteiger partial charge < -0.3 is 0 Å². The highest BCUT2D eigenvalue weighted by molar-refractivity contribution is 7.73. The van der Waals surface area contributed by atoms with E-state index in [1.807, 2.05) is 0 Å². The van der Waals surface area contributed by atoms with Crippen molar-refractivity contribution in [1.29, 1.82) is 0 Å². The van der Waals surface area contributed by atoms with Gasteiger partial charge >= 0.3 is 0 Å². The predicted molar refractivity (Wildman–Crippen MR) is 142 cm³/mol. The van der Waals surface area contributed by atoms with Crippen molar-refractivity contribution < 1.29 is 0 Å². The van der Waals surface area contributed by atoms with Crippen LogP contribution in [0.3, 0.4) is 0 Å². The fraction of sp³-hybridized carbons (Fsp3) is 0.323. The van der Waals surface area contributed by atoms with E-state index in [2.05, 4.69) is 118 Å². The zero-order valence-electron chi connectivity index (χ0n) is 19.8. The third-order valence-corrected chi connectivity index (χ3v) is 12.1. The van der Waals surface area contributed by atoms with E-state index in [-0.39, 0.29) is 5.41 Å². The molecular weight excluding hydrogens is 417 g/mol. The first-order chi connectivity index (χ1) is 16.0. The molecule has 4 aromatic rings. The Morgan fingerprint density at radius 2 is 1.33 bits per heavy atom. The van der Waals surface area contributed by atoms with E-state index >= 15 is 0 Å². The minimum Gasteiger partial charge on any atom is -0.253 e. The van der Waals surface area contributed by atoms with Crippen LogP contribution in [0.25, 0.3) is 10.9 Å². The summed E-state index contributed by atoms with van der Waals surface area (Å²) in [6, 6.07) is 35.8. The van der Waals surface area contributed by atoms with Gasteiger partial charge in [0.1, 0.15) is 0 Å². The molecule has 0 aliphatic heterocycles. The Morgan fingerprint density at radius 3 is 2.00 bits per heavy atom. The molecule has 2 fully saturated rings. The van der Waals surface area contributed by atoms with Crippen LogP contribution in [0.4, 0.5) is 0 Å². The van der Waals surface area contributed by atoms with Crippen LogP contribution in [0.5, 0.6) is 0 Å². The molecule has 3 aromatic carbocycles. The Labute approximate surface area is 199 Å². The van der Waals surface area contributed by atoms with Crippen molar-refractivity contribution in [3.8, 4) is 0 Å². The fourth-order valence-electron chi connectivity index (χ4n) is 7.08. The van der Waals surface area contributed by atoms with Crippen LogP contribution in [0.1, 0.15) is 45.2 Å². The maximum atomic E-state index is 5.32. The summed E-state index contributed by atoms with van der Waals surface area (Å²) < 4.78 is 0. The van der Waals surface area contributed by atoms with Crippen molar-refractivity contribution >= 4 is 29.4 Å². The number of pyridine rings is 1. The highest BCUT2D eigenvalue weighted by Crippen LogP contribution is 2.76. The molecule has 2 bridgehead atoms. The number of benzene rings is 3. The van der Waals surface area contributed by atoms with E-state index in [0.717, 1.165) is 5.52 Å². The quantitative estimate of drug-likeness (QED) is 0.298. The lowest BCUT2D eigenvalue weighted by Gasteiger charge is -2.42. The molecule has 0 amide bonds. The lowest BCUT2D eigenvalue weighted by atomic mass is 9.66. The first kappa shape index (κ1) is 21.1. The van der Waals surface area contributed by atoms with Crippen LogP contribution < -0.4 is 10.6 Å². The van der Waals surface area contributed by atoms with Gasteiger partial charge in [-0.25, -0.2) is 0 Å². The van der Waals surface area contributed by atoms with Gasteiger partial charge in [-0.3, -0.25) is 4.98 Å². The molecule has 6 rings (SSSR count). The number of para-hydroxylation sites is 1. The van der Waals surface area contributed by atoms with Crippen molar-refractivity contribution in [1.82, 2.24) is 4.98 Å². The van der Waals surface area contributed by atoms with E-state index in [9.17, 15) is 0 Å². The number of nitrogens with zero attached hydrogens (tertiary/aromatic N) is 1. The minimum atomic E-state index is -0.503. The topological polar surface area (TPSA) is 12.9 Å². The van der Waals surface area contributed by atoms with Gasteiger partial charge in [0.25, 0.3) is 0 Å². The van der Waals surface area contributed by atoms with E-state index < -0.39 is 7.92 Å². The average molecular weight is 450 g/mol. The summed E-state index contributed by atoms with van der Waals surface area (Å²) in [5.74, 6) is 1.16. The Balaban J connectivity index is 1.57. The fourth-order valence-corrected chi connectivity index (χ4v) is 10.7. The second-order valence-corrected chi connectivity index (χ2v) is 13.1. The zero-order chi connectivity index (χ0) is 22.6. The zero-order valence-corrected chi connectivity index (χ0v) is 20.7. The molecule has 2 aliphatic carbocycles. The molecule has 1 heterocycles. The molecule has 4 atom stereocenters. The number of rotatable bonds is 4. The van der Waals surface area contributed by atoms with Crippen LogP contribution in [0.15, 0.2) is 97.1 Å². The summed E-state index contributed by atoms with van der Waals surface area (Å²) in [5, 5.41) is 4.24. The van der Waals surface area contributed by atoms with Gasteiger partial charge in [0, 0.05) is 17.0 Å². The SMILES string of the molecule is CC1(C)[C@@H]2CC[C@@]1(C)[C@H](c1ccc3ccccc3n1)[C@@H]2P(c1ccccc1)c1ccccc1. The standard InChI is InChI=1S/C31H32NP/c1-30(2)25-20-21-31(30,3)28(27-19-18-22-12-10-11-17-26(22)32-27)29(25)33(23-13-6-4-7-14-23)24-15-8-5-9-16-24/h4-19,25,28-29H,20-21H2,1-3H3/t25-,28-,29-,31+/m1/s1. The minimum absolute atomic E-state index is 0.252. The van der Waals surface area contributed by atoms with E-state index in [1.54, 1.807) is 0 Å². The molecule has 166 valence electrons. The third-order valence-electron chi connectivity index (χ3n) is 9.12. The summed E-state index contributed by atoms with van der Waals surface area (Å²) in [5.41, 5.74) is 3.56. The van der Waals surface area contributed by atoms with Gasteiger partial charge in [-0.2, -0.15) is 0 Å². The molecule has 2 aliphatic rings. The Kier molecular flexibility index (Phi) is 4.96. The molecular formula is C31H32NP. The first-order valence-electron chi connectivity index (χ1n) is 12.3. The number of hydrogen-bond acceptors (Lipinski definition) is 1. The molecule has 1 aromatic heterocycles. The number of aromatic nitrogens is 1. The molecule has 0 saturated heterocycles. The monoisotopic (exact) mass is 449 g/mol. The molecule has 33 heavy (non-hydrogen) atoms. The van der Waals surface area contributed by atoms with Gasteiger partial charge in [-0.05, 0) is 65.9 Å². The highest BCUT2D eigenvalue weighted by atomic mass is 31.1. The summed E-state index contributed by atoms with van der Waals surface area (Å²) in [4.78, 5) is 5.32. The second kappa shape index (κ2) is 7.78. The van der Waals surface area contributed by atoms with Gasteiger partial charge in [-0.1, -0.05) is 106 Å². The maximum absolute atomic E-state index is 5.32. The molecule has 0 unspecified atom stereocenters. The Hall–Kier alpha value is -2.50. The second-order valence-electron chi connectivity index (χ2n) is 10.7. The summed E-state index contributed by atoms with van der Waals surface area (Å²) in [6.45, 7) is 7.66. The molecule has 1 nitrogen and oxygen atoms in total. The molecule has 0 spiro atoms. The van der Waals surface area contributed by atoms with Crippen molar-refractivity contribution in [2.45, 2.75) is 45.2 Å². The van der Waals surface area contributed by atoms with Crippen LogP contribution >= 0.6 is 7.92 Å². The van der Waals surface area contributed by atoms with Gasteiger partial charge in [-0.15, -0.1) is 0 Å². The lowest BCUT2D eigenvalue weighted by Crippen LogP contribution is -2.35. The Morgan fingerprint density at radius 1 is 0.727 bits per heavy atom. The lowest BCUT2D eigenvalue weighted by molar-refractivity contribution is 0.133. The van der Waals surface area contributed by atoms with Gasteiger partial charge in [0.15, 0.2) is 0 Å². The molecule has 2 saturated carbocycles.